The van der Waals surface area contributed by atoms with Crippen LogP contribution in [0, 0.1) is 0 Å². The van der Waals surface area contributed by atoms with Gasteiger partial charge in [0.05, 0.1) is 43.4 Å². The van der Waals surface area contributed by atoms with Gasteiger partial charge in [-0.2, -0.15) is 0 Å². The summed E-state index contributed by atoms with van der Waals surface area (Å²) in [7, 11) is 0. The summed E-state index contributed by atoms with van der Waals surface area (Å²) in [6, 6.07) is 12.9. The standard InChI is InChI=1S/C32H42N4O5/c1-4-20-41-27-13-12-25(30(38)23-10-8-7-9-11-23)29(36-16-14-35(15-17-36)18-21-40-22-19-37)28(27)31-33-26(6-3)24(5-2)32(39)34-31/h7-13,37H,4-6,14-22H2,1-3H3,(H,33,34,39). The molecule has 0 aliphatic carbocycles. The fourth-order valence-corrected chi connectivity index (χ4v) is 5.27. The first-order valence-electron chi connectivity index (χ1n) is 14.7. The van der Waals surface area contributed by atoms with E-state index in [1.807, 2.05) is 63.2 Å². The van der Waals surface area contributed by atoms with Gasteiger partial charge in [-0.1, -0.05) is 51.1 Å². The second kappa shape index (κ2) is 14.9. The molecule has 220 valence electrons. The van der Waals surface area contributed by atoms with Crippen molar-refractivity contribution in [2.24, 2.45) is 0 Å². The van der Waals surface area contributed by atoms with Crippen LogP contribution in [0.4, 0.5) is 5.69 Å². The maximum absolute atomic E-state index is 14.0. The van der Waals surface area contributed by atoms with Crippen molar-refractivity contribution in [1.29, 1.82) is 0 Å². The van der Waals surface area contributed by atoms with Gasteiger partial charge in [-0.15, -0.1) is 0 Å². The Kier molecular flexibility index (Phi) is 11.1. The highest BCUT2D eigenvalue weighted by Crippen LogP contribution is 2.41. The van der Waals surface area contributed by atoms with Crippen LogP contribution in [-0.4, -0.2) is 84.9 Å². The van der Waals surface area contributed by atoms with E-state index in [4.69, 9.17) is 19.6 Å². The number of anilines is 1. The number of ketones is 1. The molecule has 2 heterocycles. The SMILES string of the molecule is CCCOc1ccc(C(=O)c2ccccc2)c(N2CCN(CCOCCO)CC2)c1-c1nc(CC)c(CC)c(=O)[nH]1. The quantitative estimate of drug-likeness (QED) is 0.226. The van der Waals surface area contributed by atoms with E-state index in [1.54, 1.807) is 0 Å². The van der Waals surface area contributed by atoms with Crippen LogP contribution in [-0.2, 0) is 17.6 Å². The zero-order valence-electron chi connectivity index (χ0n) is 24.4. The van der Waals surface area contributed by atoms with Gasteiger partial charge in [-0.25, -0.2) is 4.98 Å². The van der Waals surface area contributed by atoms with Crippen molar-refractivity contribution >= 4 is 11.5 Å². The van der Waals surface area contributed by atoms with Crippen LogP contribution in [0.15, 0.2) is 47.3 Å². The molecule has 3 aromatic rings. The average Bonchev–Trinajstić information content (AvgIpc) is 3.01. The monoisotopic (exact) mass is 562 g/mol. The van der Waals surface area contributed by atoms with Crippen molar-refractivity contribution in [3.8, 4) is 17.1 Å². The minimum Gasteiger partial charge on any atom is -0.493 e. The Bertz CT molecular complexity index is 1350. The molecule has 1 aliphatic heterocycles. The van der Waals surface area contributed by atoms with E-state index in [-0.39, 0.29) is 17.9 Å². The van der Waals surface area contributed by atoms with Crippen molar-refractivity contribution in [2.75, 3.05) is 64.1 Å². The van der Waals surface area contributed by atoms with Crippen molar-refractivity contribution in [2.45, 2.75) is 40.0 Å². The molecule has 1 aliphatic rings. The van der Waals surface area contributed by atoms with Crippen LogP contribution in [0.2, 0.25) is 0 Å². The van der Waals surface area contributed by atoms with E-state index < -0.39 is 0 Å². The topological polar surface area (TPSA) is 108 Å². The molecule has 0 saturated carbocycles. The van der Waals surface area contributed by atoms with E-state index >= 15 is 0 Å². The Morgan fingerprint density at radius 1 is 0.976 bits per heavy atom. The van der Waals surface area contributed by atoms with Gasteiger partial charge in [0, 0.05) is 49.4 Å². The zero-order chi connectivity index (χ0) is 29.2. The van der Waals surface area contributed by atoms with Gasteiger partial charge in [0.2, 0.25) is 0 Å². The summed E-state index contributed by atoms with van der Waals surface area (Å²) in [5.41, 5.74) is 3.81. The number of piperazine rings is 1. The smallest absolute Gasteiger partial charge is 0.254 e. The van der Waals surface area contributed by atoms with Crippen LogP contribution in [0.5, 0.6) is 5.75 Å². The number of nitrogens with one attached hydrogen (secondary N) is 1. The molecule has 9 nitrogen and oxygen atoms in total. The molecule has 0 atom stereocenters. The molecule has 0 spiro atoms. The molecular weight excluding hydrogens is 520 g/mol. The van der Waals surface area contributed by atoms with Gasteiger partial charge in [-0.3, -0.25) is 14.5 Å². The second-order valence-electron chi connectivity index (χ2n) is 10.1. The summed E-state index contributed by atoms with van der Waals surface area (Å²) < 4.78 is 11.7. The van der Waals surface area contributed by atoms with E-state index in [0.29, 0.717) is 79.6 Å². The third-order valence-corrected chi connectivity index (χ3v) is 7.38. The van der Waals surface area contributed by atoms with Gasteiger partial charge < -0.3 is 24.5 Å². The van der Waals surface area contributed by atoms with E-state index in [9.17, 15) is 9.59 Å². The largest absolute Gasteiger partial charge is 0.493 e. The number of H-pyrrole nitrogens is 1. The van der Waals surface area contributed by atoms with Crippen LogP contribution >= 0.6 is 0 Å². The Balaban J connectivity index is 1.84. The van der Waals surface area contributed by atoms with E-state index in [0.717, 1.165) is 37.4 Å². The highest BCUT2D eigenvalue weighted by Gasteiger charge is 2.29. The minimum absolute atomic E-state index is 0.0142. The number of hydrogen-bond donors (Lipinski definition) is 2. The van der Waals surface area contributed by atoms with Crippen LogP contribution in [0.25, 0.3) is 11.4 Å². The molecular formula is C32H42N4O5. The number of aliphatic hydroxyl groups excluding tert-OH is 1. The van der Waals surface area contributed by atoms with Crippen molar-refractivity contribution < 1.29 is 19.4 Å². The molecule has 41 heavy (non-hydrogen) atoms. The molecule has 2 aromatic carbocycles. The molecule has 0 unspecified atom stereocenters. The third kappa shape index (κ3) is 7.22. The fraction of sp³-hybridized carbons (Fsp3) is 0.469. The second-order valence-corrected chi connectivity index (χ2v) is 10.1. The molecule has 0 bridgehead atoms. The number of aromatic amines is 1. The summed E-state index contributed by atoms with van der Waals surface area (Å²) in [6.45, 7) is 11.1. The summed E-state index contributed by atoms with van der Waals surface area (Å²) in [4.78, 5) is 39.7. The highest BCUT2D eigenvalue weighted by atomic mass is 16.5. The Morgan fingerprint density at radius 2 is 1.73 bits per heavy atom. The van der Waals surface area contributed by atoms with Crippen LogP contribution in [0.1, 0.15) is 54.4 Å². The number of aryl methyl sites for hydroxylation is 1. The van der Waals surface area contributed by atoms with Gasteiger partial charge >= 0.3 is 0 Å². The first kappa shape index (κ1) is 30.4. The number of benzene rings is 2. The Labute approximate surface area is 242 Å². The van der Waals surface area contributed by atoms with Gasteiger partial charge in [0.1, 0.15) is 11.6 Å². The lowest BCUT2D eigenvalue weighted by Crippen LogP contribution is -2.48. The lowest BCUT2D eigenvalue weighted by Gasteiger charge is -2.38. The number of carbonyl (C=O) groups excluding carboxylic acids is 1. The Morgan fingerprint density at radius 3 is 2.39 bits per heavy atom. The molecule has 4 rings (SSSR count). The maximum atomic E-state index is 14.0. The summed E-state index contributed by atoms with van der Waals surface area (Å²) in [5.74, 6) is 0.931. The molecule has 0 amide bonds. The number of carbonyl (C=O) groups is 1. The van der Waals surface area contributed by atoms with E-state index in [2.05, 4.69) is 14.8 Å². The first-order valence-corrected chi connectivity index (χ1v) is 14.7. The van der Waals surface area contributed by atoms with Gasteiger partial charge in [-0.05, 0) is 31.4 Å². The van der Waals surface area contributed by atoms with Crippen LogP contribution in [0.3, 0.4) is 0 Å². The number of nitrogens with zero attached hydrogens (tertiary/aromatic N) is 3. The third-order valence-electron chi connectivity index (χ3n) is 7.38. The molecule has 1 saturated heterocycles. The number of aliphatic hydroxyl groups is 1. The molecule has 9 heteroatoms. The molecule has 0 radical (unpaired) electrons. The lowest BCUT2D eigenvalue weighted by molar-refractivity contribution is 0.0724. The normalized spacial score (nSPS) is 13.9. The number of ether oxygens (including phenoxy) is 2. The summed E-state index contributed by atoms with van der Waals surface area (Å²) in [6.07, 6.45) is 2.03. The van der Waals surface area contributed by atoms with Crippen molar-refractivity contribution in [1.82, 2.24) is 14.9 Å². The number of hydrogen-bond acceptors (Lipinski definition) is 8. The van der Waals surface area contributed by atoms with Gasteiger partial charge in [0.15, 0.2) is 5.78 Å². The summed E-state index contributed by atoms with van der Waals surface area (Å²) >= 11 is 0. The Hall–Kier alpha value is -3.53. The van der Waals surface area contributed by atoms with Crippen molar-refractivity contribution in [3.63, 3.8) is 0 Å². The molecule has 1 aromatic heterocycles. The lowest BCUT2D eigenvalue weighted by atomic mass is 9.96. The first-order chi connectivity index (χ1) is 20.0. The zero-order valence-corrected chi connectivity index (χ0v) is 24.4. The van der Waals surface area contributed by atoms with E-state index in [1.165, 1.54) is 0 Å². The highest BCUT2D eigenvalue weighted by molar-refractivity contribution is 6.14. The van der Waals surface area contributed by atoms with Gasteiger partial charge in [0.25, 0.3) is 5.56 Å². The predicted octanol–water partition coefficient (Wildman–Crippen LogP) is 3.71. The number of aromatic nitrogens is 2. The average molecular weight is 563 g/mol. The number of rotatable bonds is 14. The molecule has 1 fully saturated rings. The predicted molar refractivity (Wildman–Crippen MR) is 161 cm³/mol. The minimum atomic E-state index is -0.158. The summed E-state index contributed by atoms with van der Waals surface area (Å²) in [5, 5.41) is 8.98. The fourth-order valence-electron chi connectivity index (χ4n) is 5.27. The van der Waals surface area contributed by atoms with Crippen molar-refractivity contribution in [3.05, 3.63) is 75.2 Å². The van der Waals surface area contributed by atoms with Crippen LogP contribution < -0.4 is 15.2 Å². The molecule has 2 N–H and O–H groups in total. The maximum Gasteiger partial charge on any atom is 0.254 e.